The zero-order valence-corrected chi connectivity index (χ0v) is 19.9. The van der Waals surface area contributed by atoms with Crippen LogP contribution in [0.1, 0.15) is 53.3 Å². The van der Waals surface area contributed by atoms with E-state index >= 15 is 0 Å². The van der Waals surface area contributed by atoms with Gasteiger partial charge in [0.05, 0.1) is 25.3 Å². The predicted octanol–water partition coefficient (Wildman–Crippen LogP) is 3.06. The van der Waals surface area contributed by atoms with Gasteiger partial charge in [0.1, 0.15) is 14.9 Å². The number of esters is 3. The van der Waals surface area contributed by atoms with Gasteiger partial charge in [-0.3, -0.25) is 9.59 Å². The molecule has 0 aliphatic carbocycles. The summed E-state index contributed by atoms with van der Waals surface area (Å²) in [6.07, 6.45) is 0. The summed E-state index contributed by atoms with van der Waals surface area (Å²) in [5.41, 5.74) is 1.11. The van der Waals surface area contributed by atoms with Gasteiger partial charge in [-0.1, -0.05) is 0 Å². The second kappa shape index (κ2) is 10.4. The molecule has 0 aliphatic rings. The second-order valence-corrected chi connectivity index (χ2v) is 8.78. The van der Waals surface area contributed by atoms with E-state index in [1.807, 2.05) is 0 Å². The van der Waals surface area contributed by atoms with Crippen LogP contribution in [0.2, 0.25) is 0 Å². The van der Waals surface area contributed by atoms with Gasteiger partial charge in [0, 0.05) is 11.8 Å². The highest BCUT2D eigenvalue weighted by Crippen LogP contribution is 2.35. The molecule has 2 heterocycles. The lowest BCUT2D eigenvalue weighted by Gasteiger charge is -2.08. The highest BCUT2D eigenvalue weighted by atomic mass is 32.1. The number of anilines is 2. The number of amides is 2. The molecule has 0 atom stereocenters. The third kappa shape index (κ3) is 5.32. The lowest BCUT2D eigenvalue weighted by molar-refractivity contribution is -0.119. The Morgan fingerprint density at radius 2 is 1.34 bits per heavy atom. The van der Waals surface area contributed by atoms with Crippen molar-refractivity contribution in [1.82, 2.24) is 0 Å². The Kier molecular flexibility index (Phi) is 8.11. The molecular formula is C20H22N2O8S2. The van der Waals surface area contributed by atoms with E-state index in [-0.39, 0.29) is 26.9 Å². The normalized spacial score (nSPS) is 10.3. The number of aryl methyl sites for hydroxylation is 1. The number of nitrogens with one attached hydrogen (secondary N) is 2. The summed E-state index contributed by atoms with van der Waals surface area (Å²) in [4.78, 5) is 61.4. The number of thiophene rings is 2. The van der Waals surface area contributed by atoms with Crippen molar-refractivity contribution in [3.8, 4) is 0 Å². The molecule has 2 N–H and O–H groups in total. The topological polar surface area (TPSA) is 137 Å². The van der Waals surface area contributed by atoms with Crippen LogP contribution in [0, 0.1) is 20.8 Å². The molecule has 0 spiro atoms. The Balaban J connectivity index is 2.19. The average molecular weight is 483 g/mol. The number of methoxy groups -OCH3 is 2. The van der Waals surface area contributed by atoms with Crippen LogP contribution in [0.3, 0.4) is 0 Å². The van der Waals surface area contributed by atoms with Crippen LogP contribution in [0.4, 0.5) is 10.0 Å². The van der Waals surface area contributed by atoms with Crippen molar-refractivity contribution in [2.75, 3.05) is 31.5 Å². The maximum atomic E-state index is 12.6. The number of hydrogen-bond donors (Lipinski definition) is 2. The summed E-state index contributed by atoms with van der Waals surface area (Å²) >= 11 is 2.07. The Labute approximate surface area is 191 Å². The molecule has 0 saturated carbocycles. The SMILES string of the molecule is COC(=O)c1sc(NC(=O)COC(=O)c2c(NC(C)=O)sc(C)c2C)c(C(=O)OC)c1C. The fourth-order valence-electron chi connectivity index (χ4n) is 2.72. The van der Waals surface area contributed by atoms with Crippen LogP contribution in [0.5, 0.6) is 0 Å². The van der Waals surface area contributed by atoms with Crippen LogP contribution < -0.4 is 10.6 Å². The van der Waals surface area contributed by atoms with Crippen LogP contribution in [-0.4, -0.2) is 50.5 Å². The lowest BCUT2D eigenvalue weighted by atomic mass is 10.1. The van der Waals surface area contributed by atoms with E-state index in [1.54, 1.807) is 13.8 Å². The van der Waals surface area contributed by atoms with E-state index < -0.39 is 30.4 Å². The molecule has 0 aliphatic heterocycles. The molecule has 0 aromatic carbocycles. The summed E-state index contributed by atoms with van der Waals surface area (Å²) in [6.45, 7) is 5.69. The van der Waals surface area contributed by atoms with Gasteiger partial charge in [-0.2, -0.15) is 0 Å². The minimum Gasteiger partial charge on any atom is -0.465 e. The van der Waals surface area contributed by atoms with E-state index in [0.29, 0.717) is 16.1 Å². The van der Waals surface area contributed by atoms with Crippen LogP contribution in [0.25, 0.3) is 0 Å². The smallest absolute Gasteiger partial charge is 0.348 e. The molecule has 0 radical (unpaired) electrons. The van der Waals surface area contributed by atoms with Gasteiger partial charge in [0.2, 0.25) is 5.91 Å². The highest BCUT2D eigenvalue weighted by Gasteiger charge is 2.27. The number of carbonyl (C=O) groups excluding carboxylic acids is 5. The van der Waals surface area contributed by atoms with Gasteiger partial charge in [-0.25, -0.2) is 14.4 Å². The first-order valence-corrected chi connectivity index (χ1v) is 10.8. The Bertz CT molecular complexity index is 1100. The lowest BCUT2D eigenvalue weighted by Crippen LogP contribution is -2.22. The van der Waals surface area contributed by atoms with Crippen molar-refractivity contribution in [3.63, 3.8) is 0 Å². The van der Waals surface area contributed by atoms with E-state index in [1.165, 1.54) is 39.4 Å². The van der Waals surface area contributed by atoms with E-state index in [2.05, 4.69) is 10.6 Å². The van der Waals surface area contributed by atoms with Crippen molar-refractivity contribution < 1.29 is 38.2 Å². The van der Waals surface area contributed by atoms with Crippen molar-refractivity contribution in [2.24, 2.45) is 0 Å². The number of ether oxygens (including phenoxy) is 3. The first kappa shape index (κ1) is 25.0. The van der Waals surface area contributed by atoms with Gasteiger partial charge in [0.25, 0.3) is 5.91 Å². The van der Waals surface area contributed by atoms with Gasteiger partial charge in [-0.05, 0) is 31.9 Å². The van der Waals surface area contributed by atoms with Crippen molar-refractivity contribution in [1.29, 1.82) is 0 Å². The van der Waals surface area contributed by atoms with Crippen LogP contribution in [-0.2, 0) is 23.8 Å². The Hall–Kier alpha value is -3.25. The van der Waals surface area contributed by atoms with Gasteiger partial charge < -0.3 is 24.8 Å². The Morgan fingerprint density at radius 1 is 0.781 bits per heavy atom. The molecule has 0 saturated heterocycles. The summed E-state index contributed by atoms with van der Waals surface area (Å²) in [6, 6.07) is 0. The fraction of sp³-hybridized carbons (Fsp3) is 0.350. The summed E-state index contributed by atoms with van der Waals surface area (Å²) in [7, 11) is 2.36. The standard InChI is InChI=1S/C20H22N2O8S2/c1-8-10(3)31-16(21-11(4)23)13(8)19(26)30-7-12(24)22-17-14(18(25)28-5)9(2)15(32-17)20(27)29-6/h7H2,1-6H3,(H,21,23)(H,22,24). The summed E-state index contributed by atoms with van der Waals surface area (Å²) < 4.78 is 14.5. The van der Waals surface area contributed by atoms with Crippen molar-refractivity contribution in [3.05, 3.63) is 32.0 Å². The molecule has 0 unspecified atom stereocenters. The highest BCUT2D eigenvalue weighted by molar-refractivity contribution is 7.18. The van der Waals surface area contributed by atoms with Crippen molar-refractivity contribution >= 4 is 62.4 Å². The van der Waals surface area contributed by atoms with E-state index in [0.717, 1.165) is 16.2 Å². The Morgan fingerprint density at radius 3 is 1.91 bits per heavy atom. The fourth-order valence-corrected chi connectivity index (χ4v) is 4.95. The molecule has 32 heavy (non-hydrogen) atoms. The van der Waals surface area contributed by atoms with Crippen molar-refractivity contribution in [2.45, 2.75) is 27.7 Å². The summed E-state index contributed by atoms with van der Waals surface area (Å²) in [5.74, 6) is -3.27. The third-order valence-corrected chi connectivity index (χ3v) is 6.68. The molecule has 12 heteroatoms. The summed E-state index contributed by atoms with van der Waals surface area (Å²) in [5, 5.41) is 5.45. The molecule has 0 bridgehead atoms. The van der Waals surface area contributed by atoms with Gasteiger partial charge in [-0.15, -0.1) is 22.7 Å². The first-order chi connectivity index (χ1) is 15.0. The minimum atomic E-state index is -0.781. The number of carbonyl (C=O) groups is 5. The molecule has 2 aromatic rings. The zero-order valence-electron chi connectivity index (χ0n) is 18.3. The third-order valence-electron chi connectivity index (χ3n) is 4.37. The maximum Gasteiger partial charge on any atom is 0.348 e. The molecular weight excluding hydrogens is 460 g/mol. The van der Waals surface area contributed by atoms with Crippen LogP contribution >= 0.6 is 22.7 Å². The maximum absolute atomic E-state index is 12.6. The zero-order chi connectivity index (χ0) is 24.2. The molecule has 10 nitrogen and oxygen atoms in total. The predicted molar refractivity (Wildman–Crippen MR) is 119 cm³/mol. The molecule has 2 aromatic heterocycles. The van der Waals surface area contributed by atoms with Crippen LogP contribution in [0.15, 0.2) is 0 Å². The van der Waals surface area contributed by atoms with E-state index in [9.17, 15) is 24.0 Å². The molecule has 0 fully saturated rings. The first-order valence-electron chi connectivity index (χ1n) is 9.16. The number of rotatable bonds is 7. The minimum absolute atomic E-state index is 0.00910. The van der Waals surface area contributed by atoms with E-state index in [4.69, 9.17) is 14.2 Å². The molecule has 2 amide bonds. The monoisotopic (exact) mass is 482 g/mol. The van der Waals surface area contributed by atoms with Gasteiger partial charge in [0.15, 0.2) is 6.61 Å². The number of hydrogen-bond acceptors (Lipinski definition) is 10. The largest absolute Gasteiger partial charge is 0.465 e. The van der Waals surface area contributed by atoms with Gasteiger partial charge >= 0.3 is 17.9 Å². The second-order valence-electron chi connectivity index (χ2n) is 6.54. The quantitative estimate of drug-likeness (QED) is 0.454. The molecule has 172 valence electrons. The molecule has 2 rings (SSSR count). The average Bonchev–Trinajstić information content (AvgIpc) is 3.20.